The zero-order valence-electron chi connectivity index (χ0n) is 14.7. The lowest BCUT2D eigenvalue weighted by Gasteiger charge is -2.43. The molecule has 0 radical (unpaired) electrons. The maximum absolute atomic E-state index is 9.66. The van der Waals surface area contributed by atoms with Crippen LogP contribution in [0.4, 0.5) is 0 Å². The first-order chi connectivity index (χ1) is 12.3. The molecule has 1 heterocycles. The quantitative estimate of drug-likeness (QED) is 0.763. The zero-order chi connectivity index (χ0) is 16.8. The van der Waals surface area contributed by atoms with Gasteiger partial charge < -0.3 is 9.84 Å². The number of ether oxygens (including phenoxy) is 1. The summed E-state index contributed by atoms with van der Waals surface area (Å²) in [6, 6.07) is 12.8. The van der Waals surface area contributed by atoms with E-state index in [0.717, 1.165) is 37.5 Å². The topological polar surface area (TPSA) is 29.5 Å². The van der Waals surface area contributed by atoms with E-state index in [9.17, 15) is 5.11 Å². The Morgan fingerprint density at radius 2 is 1.72 bits per heavy atom. The molecule has 1 aliphatic heterocycles. The Morgan fingerprint density at radius 3 is 2.60 bits per heavy atom. The van der Waals surface area contributed by atoms with Crippen molar-refractivity contribution in [2.24, 2.45) is 5.92 Å². The molecule has 2 aliphatic carbocycles. The number of rotatable bonds is 1. The summed E-state index contributed by atoms with van der Waals surface area (Å²) in [5, 5.41) is 9.66. The maximum Gasteiger partial charge on any atom is 0.122 e. The third kappa shape index (κ3) is 2.63. The predicted octanol–water partition coefficient (Wildman–Crippen LogP) is 5.33. The van der Waals surface area contributed by atoms with Crippen molar-refractivity contribution in [3.05, 3.63) is 58.7 Å². The maximum atomic E-state index is 9.66. The average Bonchev–Trinajstić information content (AvgIpc) is 2.67. The van der Waals surface area contributed by atoms with Gasteiger partial charge in [0, 0.05) is 0 Å². The third-order valence-corrected chi connectivity index (χ3v) is 6.67. The standard InChI is InChI=1S/C23H26O2/c24-18-9-7-15(8-10-18)21-13-17-12-16-4-3-11-25-23(16)14-22(17)20-6-2-1-5-19(20)21/h7-10,12,14,19-21,24H,1-6,11,13H2. The minimum absolute atomic E-state index is 0.367. The van der Waals surface area contributed by atoms with E-state index in [1.807, 2.05) is 12.1 Å². The lowest BCUT2D eigenvalue weighted by atomic mass is 9.61. The number of aryl methyl sites for hydroxylation is 1. The molecule has 5 rings (SSSR count). The smallest absolute Gasteiger partial charge is 0.122 e. The monoisotopic (exact) mass is 334 g/mol. The number of hydrogen-bond acceptors (Lipinski definition) is 2. The average molecular weight is 334 g/mol. The summed E-state index contributed by atoms with van der Waals surface area (Å²) in [5.74, 6) is 3.50. The van der Waals surface area contributed by atoms with Crippen LogP contribution in [0.25, 0.3) is 0 Å². The van der Waals surface area contributed by atoms with E-state index in [2.05, 4.69) is 24.3 Å². The minimum atomic E-state index is 0.367. The van der Waals surface area contributed by atoms with Crippen LogP contribution in [0.15, 0.2) is 36.4 Å². The summed E-state index contributed by atoms with van der Waals surface area (Å²) in [6.45, 7) is 0.871. The Bertz CT molecular complexity index is 777. The van der Waals surface area contributed by atoms with E-state index < -0.39 is 0 Å². The third-order valence-electron chi connectivity index (χ3n) is 6.67. The van der Waals surface area contributed by atoms with Gasteiger partial charge in [-0.25, -0.2) is 0 Å². The summed E-state index contributed by atoms with van der Waals surface area (Å²) in [5.41, 5.74) is 5.92. The Labute approximate surface area is 149 Å². The molecule has 0 amide bonds. The summed E-state index contributed by atoms with van der Waals surface area (Å²) in [7, 11) is 0. The number of phenols is 1. The summed E-state index contributed by atoms with van der Waals surface area (Å²) >= 11 is 0. The van der Waals surface area contributed by atoms with Crippen molar-refractivity contribution in [3.8, 4) is 11.5 Å². The Balaban J connectivity index is 1.58. The molecule has 1 saturated carbocycles. The molecule has 0 bridgehead atoms. The number of phenolic OH excluding ortho intramolecular Hbond substituents is 1. The van der Waals surface area contributed by atoms with Crippen molar-refractivity contribution in [1.29, 1.82) is 0 Å². The number of hydrogen-bond donors (Lipinski definition) is 1. The van der Waals surface area contributed by atoms with Crippen LogP contribution in [0, 0.1) is 5.92 Å². The fourth-order valence-corrected chi connectivity index (χ4v) is 5.49. The summed E-state index contributed by atoms with van der Waals surface area (Å²) < 4.78 is 5.97. The van der Waals surface area contributed by atoms with Gasteiger partial charge >= 0.3 is 0 Å². The van der Waals surface area contributed by atoms with Crippen molar-refractivity contribution < 1.29 is 9.84 Å². The highest BCUT2D eigenvalue weighted by molar-refractivity contribution is 5.48. The molecule has 2 heteroatoms. The van der Waals surface area contributed by atoms with Gasteiger partial charge in [-0.1, -0.05) is 31.0 Å². The molecule has 0 spiro atoms. The lowest BCUT2D eigenvalue weighted by molar-refractivity contribution is 0.240. The van der Waals surface area contributed by atoms with E-state index in [1.54, 1.807) is 11.1 Å². The second-order valence-corrected chi connectivity index (χ2v) is 8.07. The van der Waals surface area contributed by atoms with E-state index in [4.69, 9.17) is 4.74 Å². The summed E-state index contributed by atoms with van der Waals surface area (Å²) in [6.07, 6.45) is 8.76. The van der Waals surface area contributed by atoms with E-state index >= 15 is 0 Å². The zero-order valence-corrected chi connectivity index (χ0v) is 14.7. The molecule has 2 aromatic rings. The summed E-state index contributed by atoms with van der Waals surface area (Å²) in [4.78, 5) is 0. The van der Waals surface area contributed by atoms with Gasteiger partial charge in [-0.3, -0.25) is 0 Å². The molecule has 1 fully saturated rings. The first-order valence-corrected chi connectivity index (χ1v) is 9.87. The van der Waals surface area contributed by atoms with Crippen molar-refractivity contribution >= 4 is 0 Å². The van der Waals surface area contributed by atoms with E-state index in [1.165, 1.54) is 36.8 Å². The highest BCUT2D eigenvalue weighted by atomic mass is 16.5. The lowest BCUT2D eigenvalue weighted by Crippen LogP contribution is -2.31. The van der Waals surface area contributed by atoms with Gasteiger partial charge in [0.1, 0.15) is 11.5 Å². The van der Waals surface area contributed by atoms with Crippen molar-refractivity contribution in [2.45, 2.75) is 56.8 Å². The molecule has 0 saturated heterocycles. The molecule has 3 unspecified atom stereocenters. The van der Waals surface area contributed by atoms with Crippen LogP contribution in [-0.4, -0.2) is 11.7 Å². The first-order valence-electron chi connectivity index (χ1n) is 9.87. The van der Waals surface area contributed by atoms with Gasteiger partial charge in [-0.05, 0) is 90.3 Å². The second-order valence-electron chi connectivity index (χ2n) is 8.07. The van der Waals surface area contributed by atoms with Crippen LogP contribution in [-0.2, 0) is 12.8 Å². The molecule has 130 valence electrons. The van der Waals surface area contributed by atoms with Crippen LogP contribution < -0.4 is 4.74 Å². The molecular formula is C23H26O2. The molecule has 25 heavy (non-hydrogen) atoms. The van der Waals surface area contributed by atoms with Gasteiger partial charge in [-0.2, -0.15) is 0 Å². The normalized spacial score (nSPS) is 27.6. The van der Waals surface area contributed by atoms with Crippen LogP contribution in [0.2, 0.25) is 0 Å². The van der Waals surface area contributed by atoms with Crippen molar-refractivity contribution in [3.63, 3.8) is 0 Å². The largest absolute Gasteiger partial charge is 0.508 e. The van der Waals surface area contributed by atoms with Crippen molar-refractivity contribution in [1.82, 2.24) is 0 Å². The molecule has 2 nitrogen and oxygen atoms in total. The van der Waals surface area contributed by atoms with Crippen LogP contribution in [0.3, 0.4) is 0 Å². The van der Waals surface area contributed by atoms with Gasteiger partial charge in [0.05, 0.1) is 6.61 Å². The second kappa shape index (κ2) is 6.09. The molecule has 2 aromatic carbocycles. The van der Waals surface area contributed by atoms with Crippen molar-refractivity contribution in [2.75, 3.05) is 6.61 Å². The Kier molecular flexibility index (Phi) is 3.73. The molecular weight excluding hydrogens is 308 g/mol. The number of fused-ring (bicyclic) bond motifs is 4. The van der Waals surface area contributed by atoms with Crippen LogP contribution >= 0.6 is 0 Å². The molecule has 3 aliphatic rings. The van der Waals surface area contributed by atoms with E-state index in [0.29, 0.717) is 17.6 Å². The van der Waals surface area contributed by atoms with Gasteiger partial charge in [0.25, 0.3) is 0 Å². The van der Waals surface area contributed by atoms with Gasteiger partial charge in [0.2, 0.25) is 0 Å². The minimum Gasteiger partial charge on any atom is -0.508 e. The predicted molar refractivity (Wildman–Crippen MR) is 99.5 cm³/mol. The Morgan fingerprint density at radius 1 is 0.880 bits per heavy atom. The number of benzene rings is 2. The molecule has 3 atom stereocenters. The van der Waals surface area contributed by atoms with Crippen LogP contribution in [0.5, 0.6) is 11.5 Å². The Hall–Kier alpha value is -1.96. The SMILES string of the molecule is Oc1ccc(C2Cc3cc4c(cc3C3CCCCC23)OCCC4)cc1. The highest BCUT2D eigenvalue weighted by Gasteiger charge is 2.39. The highest BCUT2D eigenvalue weighted by Crippen LogP contribution is 2.52. The van der Waals surface area contributed by atoms with E-state index in [-0.39, 0.29) is 0 Å². The first kappa shape index (κ1) is 15.3. The fraction of sp³-hybridized carbons (Fsp3) is 0.478. The fourth-order valence-electron chi connectivity index (χ4n) is 5.49. The van der Waals surface area contributed by atoms with Gasteiger partial charge in [-0.15, -0.1) is 0 Å². The molecule has 1 N–H and O–H groups in total. The number of aromatic hydroxyl groups is 1. The molecule has 0 aromatic heterocycles. The van der Waals surface area contributed by atoms with Gasteiger partial charge in [0.15, 0.2) is 0 Å². The van der Waals surface area contributed by atoms with Crippen LogP contribution in [0.1, 0.15) is 66.2 Å².